The van der Waals surface area contributed by atoms with Crippen molar-refractivity contribution in [2.45, 2.75) is 39.8 Å². The van der Waals surface area contributed by atoms with E-state index >= 15 is 0 Å². The number of hydrogen-bond donors (Lipinski definition) is 0. The van der Waals surface area contributed by atoms with Crippen molar-refractivity contribution < 1.29 is 14.1 Å². The van der Waals surface area contributed by atoms with Crippen molar-refractivity contribution >= 4 is 5.91 Å². The van der Waals surface area contributed by atoms with Crippen molar-refractivity contribution in [2.24, 2.45) is 0 Å². The van der Waals surface area contributed by atoms with Gasteiger partial charge in [0.1, 0.15) is 0 Å². The number of rotatable bonds is 6. The first-order chi connectivity index (χ1) is 14.1. The first-order valence-corrected chi connectivity index (χ1v) is 9.74. The number of carbonyl (C=O) groups is 1. The van der Waals surface area contributed by atoms with Gasteiger partial charge in [0.05, 0.1) is 13.2 Å². The number of aromatic nitrogens is 5. The van der Waals surface area contributed by atoms with Crippen LogP contribution in [0.25, 0.3) is 11.6 Å². The molecule has 152 valence electrons. The lowest BCUT2D eigenvalue weighted by molar-refractivity contribution is 0.0795. The zero-order chi connectivity index (χ0) is 20.4. The summed E-state index contributed by atoms with van der Waals surface area (Å²) >= 11 is 0. The Hall–Kier alpha value is -3.07. The van der Waals surface area contributed by atoms with Crippen LogP contribution in [0.2, 0.25) is 0 Å². The molecule has 1 aliphatic rings. The number of hydrogen-bond acceptors (Lipinski definition) is 7. The van der Waals surface area contributed by atoms with Crippen LogP contribution in [0.3, 0.4) is 0 Å². The Morgan fingerprint density at radius 1 is 1.38 bits per heavy atom. The van der Waals surface area contributed by atoms with E-state index in [2.05, 4.69) is 27.1 Å². The Kier molecular flexibility index (Phi) is 5.39. The standard InChI is InChI=1S/C20H24N6O3/c1-4-26-16-7-10-28-12-15(16)18(23-26)19-22-17(24-29-19)6-9-25(3)20(27)14-5-8-21-13(2)11-14/h5,8,11H,4,6-7,9-10,12H2,1-3H3. The first kappa shape index (κ1) is 19.3. The Morgan fingerprint density at radius 2 is 2.24 bits per heavy atom. The van der Waals surface area contributed by atoms with Crippen LogP contribution in [-0.2, 0) is 30.7 Å². The van der Waals surface area contributed by atoms with E-state index in [-0.39, 0.29) is 5.91 Å². The van der Waals surface area contributed by atoms with E-state index in [9.17, 15) is 4.79 Å². The highest BCUT2D eigenvalue weighted by Gasteiger charge is 2.25. The predicted molar refractivity (Wildman–Crippen MR) is 104 cm³/mol. The van der Waals surface area contributed by atoms with E-state index in [1.165, 1.54) is 5.69 Å². The van der Waals surface area contributed by atoms with Gasteiger partial charge in [0.25, 0.3) is 11.8 Å². The maximum atomic E-state index is 12.5. The maximum absolute atomic E-state index is 12.5. The molecule has 0 saturated carbocycles. The van der Waals surface area contributed by atoms with E-state index in [0.29, 0.717) is 49.2 Å². The molecule has 0 atom stereocenters. The summed E-state index contributed by atoms with van der Waals surface area (Å²) in [5, 5.41) is 8.71. The maximum Gasteiger partial charge on any atom is 0.278 e. The lowest BCUT2D eigenvalue weighted by atomic mass is 10.1. The molecule has 3 aromatic rings. The molecule has 0 fully saturated rings. The van der Waals surface area contributed by atoms with Crippen LogP contribution in [-0.4, -0.2) is 55.9 Å². The fraction of sp³-hybridized carbons (Fsp3) is 0.450. The van der Waals surface area contributed by atoms with Crippen LogP contribution in [0.4, 0.5) is 0 Å². The summed E-state index contributed by atoms with van der Waals surface area (Å²) in [5.74, 6) is 0.877. The molecule has 1 amide bonds. The number of aryl methyl sites for hydroxylation is 2. The minimum atomic E-state index is -0.0628. The Balaban J connectivity index is 1.45. The number of ether oxygens (including phenoxy) is 1. The normalized spacial score (nSPS) is 13.3. The van der Waals surface area contributed by atoms with Gasteiger partial charge in [-0.05, 0) is 26.0 Å². The molecule has 9 nitrogen and oxygen atoms in total. The quantitative estimate of drug-likeness (QED) is 0.629. The minimum Gasteiger partial charge on any atom is -0.376 e. The second-order valence-electron chi connectivity index (χ2n) is 7.07. The third-order valence-corrected chi connectivity index (χ3v) is 5.03. The molecule has 0 spiro atoms. The second kappa shape index (κ2) is 8.12. The predicted octanol–water partition coefficient (Wildman–Crippen LogP) is 2.04. The zero-order valence-corrected chi connectivity index (χ0v) is 16.9. The van der Waals surface area contributed by atoms with Crippen molar-refractivity contribution in [3.63, 3.8) is 0 Å². The Morgan fingerprint density at radius 3 is 3.03 bits per heavy atom. The highest BCUT2D eigenvalue weighted by atomic mass is 16.5. The largest absolute Gasteiger partial charge is 0.376 e. The Labute approximate surface area is 168 Å². The summed E-state index contributed by atoms with van der Waals surface area (Å²) in [6.45, 7) is 6.38. The van der Waals surface area contributed by atoms with Crippen molar-refractivity contribution in [3.05, 3.63) is 46.7 Å². The highest BCUT2D eigenvalue weighted by Crippen LogP contribution is 2.28. The van der Waals surface area contributed by atoms with Crippen molar-refractivity contribution in [1.29, 1.82) is 0 Å². The number of amides is 1. The average Bonchev–Trinajstić information content (AvgIpc) is 3.35. The van der Waals surface area contributed by atoms with Crippen LogP contribution in [0.1, 0.15) is 40.1 Å². The molecule has 4 heterocycles. The number of likely N-dealkylation sites (N-methyl/N-ethyl adjacent to an activating group) is 1. The lowest BCUT2D eigenvalue weighted by Gasteiger charge is -2.16. The fourth-order valence-corrected chi connectivity index (χ4v) is 3.46. The molecule has 0 bridgehead atoms. The first-order valence-electron chi connectivity index (χ1n) is 9.74. The van der Waals surface area contributed by atoms with Crippen LogP contribution in [0, 0.1) is 6.92 Å². The van der Waals surface area contributed by atoms with Gasteiger partial charge in [0, 0.05) is 61.7 Å². The van der Waals surface area contributed by atoms with Crippen LogP contribution in [0.5, 0.6) is 0 Å². The van der Waals surface area contributed by atoms with Crippen molar-refractivity contribution in [3.8, 4) is 11.6 Å². The summed E-state index contributed by atoms with van der Waals surface area (Å²) in [6.07, 6.45) is 2.96. The fourth-order valence-electron chi connectivity index (χ4n) is 3.46. The van der Waals surface area contributed by atoms with Gasteiger partial charge in [0.15, 0.2) is 11.5 Å². The number of carbonyl (C=O) groups excluding carboxylic acids is 1. The second-order valence-corrected chi connectivity index (χ2v) is 7.07. The molecule has 29 heavy (non-hydrogen) atoms. The molecule has 0 radical (unpaired) electrons. The van der Waals surface area contributed by atoms with Gasteiger partial charge in [0.2, 0.25) is 0 Å². The van der Waals surface area contributed by atoms with Gasteiger partial charge in [-0.3, -0.25) is 14.5 Å². The average molecular weight is 396 g/mol. The monoisotopic (exact) mass is 396 g/mol. The van der Waals surface area contributed by atoms with E-state index in [4.69, 9.17) is 9.26 Å². The molecule has 1 aliphatic heterocycles. The number of pyridine rings is 1. The van der Waals surface area contributed by atoms with Crippen LogP contribution in [0.15, 0.2) is 22.9 Å². The van der Waals surface area contributed by atoms with Gasteiger partial charge in [-0.15, -0.1) is 0 Å². The van der Waals surface area contributed by atoms with E-state index < -0.39 is 0 Å². The van der Waals surface area contributed by atoms with Gasteiger partial charge in [-0.25, -0.2) is 0 Å². The molecule has 3 aromatic heterocycles. The van der Waals surface area contributed by atoms with E-state index in [0.717, 1.165) is 24.2 Å². The number of nitrogens with zero attached hydrogens (tertiary/aromatic N) is 6. The van der Waals surface area contributed by atoms with Crippen LogP contribution < -0.4 is 0 Å². The number of fused-ring (bicyclic) bond motifs is 1. The lowest BCUT2D eigenvalue weighted by Crippen LogP contribution is -2.29. The van der Waals surface area contributed by atoms with E-state index in [1.54, 1.807) is 30.3 Å². The van der Waals surface area contributed by atoms with E-state index in [1.807, 2.05) is 11.6 Å². The summed E-state index contributed by atoms with van der Waals surface area (Å²) in [5.41, 5.74) is 4.31. The molecule has 9 heteroatoms. The Bertz CT molecular complexity index is 1030. The van der Waals surface area contributed by atoms with Crippen molar-refractivity contribution in [1.82, 2.24) is 29.8 Å². The minimum absolute atomic E-state index is 0.0628. The smallest absolute Gasteiger partial charge is 0.278 e. The molecule has 0 saturated heterocycles. The summed E-state index contributed by atoms with van der Waals surface area (Å²) in [7, 11) is 1.76. The molecule has 0 unspecified atom stereocenters. The molecule has 0 aromatic carbocycles. The van der Waals surface area contributed by atoms with Gasteiger partial charge in [-0.1, -0.05) is 5.16 Å². The zero-order valence-electron chi connectivity index (χ0n) is 16.9. The van der Waals surface area contributed by atoms with Crippen LogP contribution >= 0.6 is 0 Å². The summed E-state index contributed by atoms with van der Waals surface area (Å²) in [4.78, 5) is 22.8. The third kappa shape index (κ3) is 3.91. The summed E-state index contributed by atoms with van der Waals surface area (Å²) in [6, 6.07) is 3.49. The van der Waals surface area contributed by atoms with Gasteiger partial charge in [-0.2, -0.15) is 10.1 Å². The summed E-state index contributed by atoms with van der Waals surface area (Å²) < 4.78 is 13.0. The molecule has 0 N–H and O–H groups in total. The van der Waals surface area contributed by atoms with Crippen molar-refractivity contribution in [2.75, 3.05) is 20.2 Å². The molecular formula is C20H24N6O3. The topological polar surface area (TPSA) is 99.2 Å². The molecular weight excluding hydrogens is 372 g/mol. The van der Waals surface area contributed by atoms with Gasteiger partial charge >= 0.3 is 0 Å². The third-order valence-electron chi connectivity index (χ3n) is 5.03. The SMILES string of the molecule is CCn1nc(-c2nc(CCN(C)C(=O)c3ccnc(C)c3)no2)c2c1CCOC2. The molecule has 4 rings (SSSR count). The molecule has 0 aliphatic carbocycles. The van der Waals surface area contributed by atoms with Gasteiger partial charge < -0.3 is 14.2 Å². The highest BCUT2D eigenvalue weighted by molar-refractivity contribution is 5.94.